The summed E-state index contributed by atoms with van der Waals surface area (Å²) < 4.78 is 11.7. The van der Waals surface area contributed by atoms with Gasteiger partial charge in [0.25, 0.3) is 0 Å². The van der Waals surface area contributed by atoms with Crippen molar-refractivity contribution < 1.29 is 14.6 Å². The molecule has 0 aliphatic carbocycles. The zero-order valence-corrected chi connectivity index (χ0v) is 18.2. The molecule has 30 heavy (non-hydrogen) atoms. The van der Waals surface area contributed by atoms with Gasteiger partial charge < -0.3 is 24.5 Å². The van der Waals surface area contributed by atoms with Crippen LogP contribution in [0.4, 0.5) is 0 Å². The highest BCUT2D eigenvalue weighted by molar-refractivity contribution is 6.31. The lowest BCUT2D eigenvalue weighted by Crippen LogP contribution is -2.47. The molecule has 5 rings (SSSR count). The van der Waals surface area contributed by atoms with Crippen molar-refractivity contribution in [2.24, 2.45) is 0 Å². The molecule has 0 spiro atoms. The molecule has 1 aromatic heterocycles. The average molecular weight is 449 g/mol. The molecule has 3 aromatic rings. The molecule has 2 atom stereocenters. The second kappa shape index (κ2) is 9.06. The molecular formula is C23H26Cl2N2O3. The molecule has 0 radical (unpaired) electrons. The molecule has 0 amide bonds. The Morgan fingerprint density at radius 3 is 2.70 bits per heavy atom. The summed E-state index contributed by atoms with van der Waals surface area (Å²) in [6.45, 7) is 2.89. The van der Waals surface area contributed by atoms with Gasteiger partial charge in [-0.1, -0.05) is 23.7 Å². The monoisotopic (exact) mass is 448 g/mol. The first-order valence-corrected chi connectivity index (χ1v) is 10.6. The maximum atomic E-state index is 10.7. The van der Waals surface area contributed by atoms with Crippen molar-refractivity contribution in [1.82, 2.24) is 9.88 Å². The maximum Gasteiger partial charge on any atom is 0.161 e. The van der Waals surface area contributed by atoms with Crippen LogP contribution in [0.25, 0.3) is 10.9 Å². The van der Waals surface area contributed by atoms with Crippen molar-refractivity contribution in [3.63, 3.8) is 0 Å². The van der Waals surface area contributed by atoms with E-state index in [0.717, 1.165) is 42.2 Å². The van der Waals surface area contributed by atoms with E-state index in [2.05, 4.69) is 22.1 Å². The van der Waals surface area contributed by atoms with E-state index in [-0.39, 0.29) is 18.5 Å². The lowest BCUT2D eigenvalue weighted by Gasteiger charge is -2.36. The van der Waals surface area contributed by atoms with E-state index in [1.54, 1.807) is 0 Å². The largest absolute Gasteiger partial charge is 0.486 e. The van der Waals surface area contributed by atoms with Crippen molar-refractivity contribution in [3.05, 3.63) is 59.2 Å². The smallest absolute Gasteiger partial charge is 0.161 e. The SMILES string of the molecule is Cl.OC(CN1CCC(c2c[nH]c3ccc(Cl)cc23)CC1)C1COc2ccccc2O1. The highest BCUT2D eigenvalue weighted by Gasteiger charge is 2.30. The number of aromatic nitrogens is 1. The van der Waals surface area contributed by atoms with Gasteiger partial charge in [-0.3, -0.25) is 0 Å². The first kappa shape index (κ1) is 21.3. The van der Waals surface area contributed by atoms with Crippen molar-refractivity contribution in [1.29, 1.82) is 0 Å². The number of H-pyrrole nitrogens is 1. The van der Waals surface area contributed by atoms with Crippen LogP contribution in [-0.2, 0) is 0 Å². The van der Waals surface area contributed by atoms with Crippen molar-refractivity contribution in [2.45, 2.75) is 31.0 Å². The number of ether oxygens (including phenoxy) is 2. The second-order valence-corrected chi connectivity index (χ2v) is 8.43. The molecule has 2 aliphatic heterocycles. The Hall–Kier alpha value is -1.92. The quantitative estimate of drug-likeness (QED) is 0.610. The molecular weight excluding hydrogens is 423 g/mol. The number of likely N-dealkylation sites (tertiary alicyclic amines) is 1. The molecule has 160 valence electrons. The van der Waals surface area contributed by atoms with E-state index in [4.69, 9.17) is 21.1 Å². The van der Waals surface area contributed by atoms with Gasteiger partial charge in [0.05, 0.1) is 0 Å². The molecule has 0 saturated carbocycles. The van der Waals surface area contributed by atoms with Gasteiger partial charge in [0.15, 0.2) is 17.6 Å². The van der Waals surface area contributed by atoms with Gasteiger partial charge in [-0.15, -0.1) is 12.4 Å². The van der Waals surface area contributed by atoms with E-state index in [1.165, 1.54) is 10.9 Å². The lowest BCUT2D eigenvalue weighted by atomic mass is 9.89. The summed E-state index contributed by atoms with van der Waals surface area (Å²) in [5, 5.41) is 12.7. The number of halogens is 2. The van der Waals surface area contributed by atoms with Gasteiger partial charge in [0.2, 0.25) is 0 Å². The van der Waals surface area contributed by atoms with Crippen LogP contribution in [0.1, 0.15) is 24.3 Å². The van der Waals surface area contributed by atoms with Gasteiger partial charge in [-0.25, -0.2) is 0 Å². The average Bonchev–Trinajstić information content (AvgIpc) is 3.17. The zero-order valence-electron chi connectivity index (χ0n) is 16.6. The number of hydrogen-bond acceptors (Lipinski definition) is 4. The maximum absolute atomic E-state index is 10.7. The third-order valence-corrected chi connectivity index (χ3v) is 6.34. The number of aliphatic hydroxyl groups excluding tert-OH is 1. The summed E-state index contributed by atoms with van der Waals surface area (Å²) >= 11 is 6.20. The van der Waals surface area contributed by atoms with Crippen molar-refractivity contribution in [3.8, 4) is 11.5 Å². The van der Waals surface area contributed by atoms with Gasteiger partial charge in [0, 0.05) is 28.7 Å². The fraction of sp³-hybridized carbons (Fsp3) is 0.391. The highest BCUT2D eigenvalue weighted by Crippen LogP contribution is 2.35. The molecule has 5 nitrogen and oxygen atoms in total. The van der Waals surface area contributed by atoms with Gasteiger partial charge in [-0.05, 0) is 67.7 Å². The Morgan fingerprint density at radius 1 is 1.13 bits per heavy atom. The van der Waals surface area contributed by atoms with Crippen LogP contribution in [0.3, 0.4) is 0 Å². The Labute approximate surface area is 187 Å². The molecule has 2 N–H and O–H groups in total. The summed E-state index contributed by atoms with van der Waals surface area (Å²) in [5.74, 6) is 1.96. The Bertz CT molecular complexity index is 1000. The summed E-state index contributed by atoms with van der Waals surface area (Å²) in [5.41, 5.74) is 2.49. The number of fused-ring (bicyclic) bond motifs is 2. The summed E-state index contributed by atoms with van der Waals surface area (Å²) in [4.78, 5) is 5.69. The lowest BCUT2D eigenvalue weighted by molar-refractivity contribution is -0.0280. The predicted octanol–water partition coefficient (Wildman–Crippen LogP) is 4.62. The Balaban J connectivity index is 0.00000218. The number of nitrogens with one attached hydrogen (secondary N) is 1. The fourth-order valence-corrected chi connectivity index (χ4v) is 4.66. The van der Waals surface area contributed by atoms with Crippen LogP contribution in [-0.4, -0.2) is 53.4 Å². The number of rotatable bonds is 4. The van der Waals surface area contributed by atoms with Crippen molar-refractivity contribution >= 4 is 34.9 Å². The van der Waals surface area contributed by atoms with E-state index < -0.39 is 6.10 Å². The van der Waals surface area contributed by atoms with E-state index in [9.17, 15) is 5.11 Å². The third kappa shape index (κ3) is 4.26. The minimum absolute atomic E-state index is 0. The number of hydrogen-bond donors (Lipinski definition) is 2. The summed E-state index contributed by atoms with van der Waals surface area (Å²) in [6, 6.07) is 13.6. The number of para-hydroxylation sites is 2. The first-order valence-electron chi connectivity index (χ1n) is 10.2. The van der Waals surface area contributed by atoms with Crippen LogP contribution in [0.5, 0.6) is 11.5 Å². The number of aromatic amines is 1. The molecule has 2 aromatic carbocycles. The number of aliphatic hydroxyl groups is 1. The third-order valence-electron chi connectivity index (χ3n) is 6.11. The van der Waals surface area contributed by atoms with Crippen LogP contribution < -0.4 is 9.47 Å². The first-order chi connectivity index (χ1) is 14.2. The molecule has 0 bridgehead atoms. The van der Waals surface area contributed by atoms with Gasteiger partial charge >= 0.3 is 0 Å². The Morgan fingerprint density at radius 2 is 1.90 bits per heavy atom. The predicted molar refractivity (Wildman–Crippen MR) is 121 cm³/mol. The molecule has 7 heteroatoms. The number of benzene rings is 2. The molecule has 3 heterocycles. The van der Waals surface area contributed by atoms with E-state index >= 15 is 0 Å². The zero-order chi connectivity index (χ0) is 19.8. The van der Waals surface area contributed by atoms with Crippen molar-refractivity contribution in [2.75, 3.05) is 26.2 Å². The van der Waals surface area contributed by atoms with E-state index in [0.29, 0.717) is 24.8 Å². The fourth-order valence-electron chi connectivity index (χ4n) is 4.49. The number of piperidine rings is 1. The van der Waals surface area contributed by atoms with Crippen LogP contribution >= 0.6 is 24.0 Å². The molecule has 2 aliphatic rings. The van der Waals surface area contributed by atoms with Gasteiger partial charge in [0.1, 0.15) is 12.7 Å². The van der Waals surface area contributed by atoms with Crippen LogP contribution in [0.2, 0.25) is 5.02 Å². The molecule has 2 unspecified atom stereocenters. The van der Waals surface area contributed by atoms with E-state index in [1.807, 2.05) is 36.4 Å². The molecule has 1 saturated heterocycles. The molecule has 1 fully saturated rings. The highest BCUT2D eigenvalue weighted by atomic mass is 35.5. The van der Waals surface area contributed by atoms with Gasteiger partial charge in [-0.2, -0.15) is 0 Å². The number of nitrogens with zero attached hydrogens (tertiary/aromatic N) is 1. The second-order valence-electron chi connectivity index (χ2n) is 7.99. The summed E-state index contributed by atoms with van der Waals surface area (Å²) in [7, 11) is 0. The minimum atomic E-state index is -0.577. The van der Waals surface area contributed by atoms with Crippen LogP contribution in [0.15, 0.2) is 48.7 Å². The Kier molecular flexibility index (Phi) is 6.44. The topological polar surface area (TPSA) is 57.7 Å². The standard InChI is InChI=1S/C23H25ClN2O3.ClH/c24-16-5-6-19-17(11-16)18(12-25-19)15-7-9-26(10-8-15)13-20(27)23-14-28-21-3-1-2-4-22(21)29-23;/h1-6,11-12,15,20,23,25,27H,7-10,13-14H2;1H. The normalized spacial score (nSPS) is 20.7. The summed E-state index contributed by atoms with van der Waals surface area (Å²) in [6.07, 6.45) is 3.35. The van der Waals surface area contributed by atoms with Crippen LogP contribution in [0, 0.1) is 0 Å². The number of β-amino-alcohol motifs (C(OH)–C–C–N with tert-alkyl or cyclic N) is 1. The minimum Gasteiger partial charge on any atom is -0.486 e.